The van der Waals surface area contributed by atoms with Crippen molar-refractivity contribution in [1.82, 2.24) is 9.62 Å². The lowest BCUT2D eigenvalue weighted by atomic mass is 9.95. The number of nitrogens with one attached hydrogen (secondary N) is 1. The van der Waals surface area contributed by atoms with Crippen molar-refractivity contribution in [1.29, 1.82) is 0 Å². The predicted octanol–water partition coefficient (Wildman–Crippen LogP) is 1.44. The van der Waals surface area contributed by atoms with Gasteiger partial charge in [0.25, 0.3) is 0 Å². The van der Waals surface area contributed by atoms with Crippen LogP contribution in [0.3, 0.4) is 0 Å². The normalized spacial score (nSPS) is 31.4. The molecule has 0 heterocycles. The third-order valence-electron chi connectivity index (χ3n) is 4.60. The van der Waals surface area contributed by atoms with Crippen LogP contribution in [0.1, 0.15) is 39.5 Å². The first-order valence-corrected chi connectivity index (χ1v) is 8.89. The molecule has 0 aromatic carbocycles. The van der Waals surface area contributed by atoms with Crippen LogP contribution in [0.4, 0.5) is 0 Å². The lowest BCUT2D eigenvalue weighted by molar-refractivity contribution is 0.357. The van der Waals surface area contributed by atoms with E-state index in [1.54, 1.807) is 4.31 Å². The van der Waals surface area contributed by atoms with Crippen molar-refractivity contribution in [2.24, 2.45) is 11.8 Å². The van der Waals surface area contributed by atoms with Crippen LogP contribution in [-0.4, -0.2) is 44.2 Å². The molecule has 0 spiro atoms. The minimum atomic E-state index is -3.06. The SMILES string of the molecule is CCN(CC)S(=O)(=O)CCN[C@H]1C[C@H]2CC[C@@H]1C2. The van der Waals surface area contributed by atoms with E-state index in [2.05, 4.69) is 5.32 Å². The molecule has 2 fully saturated rings. The fourth-order valence-electron chi connectivity index (χ4n) is 3.61. The highest BCUT2D eigenvalue weighted by atomic mass is 32.2. The van der Waals surface area contributed by atoms with E-state index in [-0.39, 0.29) is 5.75 Å². The van der Waals surface area contributed by atoms with Crippen LogP contribution in [0.25, 0.3) is 0 Å². The Bertz CT molecular complexity index is 365. The first-order valence-electron chi connectivity index (χ1n) is 7.28. The summed E-state index contributed by atoms with van der Waals surface area (Å²) in [6, 6.07) is 0.579. The van der Waals surface area contributed by atoms with Gasteiger partial charge in [-0.1, -0.05) is 20.3 Å². The molecule has 18 heavy (non-hydrogen) atoms. The minimum absolute atomic E-state index is 0.239. The molecule has 0 unspecified atom stereocenters. The van der Waals surface area contributed by atoms with E-state index in [0.29, 0.717) is 25.7 Å². The molecule has 0 aromatic rings. The molecule has 0 aliphatic heterocycles. The Morgan fingerprint density at radius 1 is 1.17 bits per heavy atom. The van der Waals surface area contributed by atoms with Gasteiger partial charge >= 0.3 is 0 Å². The summed E-state index contributed by atoms with van der Waals surface area (Å²) in [6.45, 7) is 5.54. The second-order valence-corrected chi connectivity index (χ2v) is 7.72. The summed E-state index contributed by atoms with van der Waals surface area (Å²) in [4.78, 5) is 0. The molecule has 0 aromatic heterocycles. The van der Waals surface area contributed by atoms with Crippen molar-refractivity contribution in [3.05, 3.63) is 0 Å². The predicted molar refractivity (Wildman–Crippen MR) is 73.9 cm³/mol. The summed E-state index contributed by atoms with van der Waals surface area (Å²) in [5.74, 6) is 1.96. The van der Waals surface area contributed by atoms with E-state index in [1.165, 1.54) is 25.7 Å². The van der Waals surface area contributed by atoms with Crippen molar-refractivity contribution in [2.75, 3.05) is 25.4 Å². The second kappa shape index (κ2) is 5.88. The lowest BCUT2D eigenvalue weighted by Gasteiger charge is -2.24. The number of nitrogens with zero attached hydrogens (tertiary/aromatic N) is 1. The molecule has 2 aliphatic rings. The van der Waals surface area contributed by atoms with Crippen LogP contribution in [0, 0.1) is 11.8 Å². The first kappa shape index (κ1) is 14.3. The van der Waals surface area contributed by atoms with E-state index >= 15 is 0 Å². The fourth-order valence-corrected chi connectivity index (χ4v) is 5.03. The zero-order valence-corrected chi connectivity index (χ0v) is 12.4. The van der Waals surface area contributed by atoms with Crippen molar-refractivity contribution in [3.63, 3.8) is 0 Å². The van der Waals surface area contributed by atoms with E-state index in [9.17, 15) is 8.42 Å². The summed E-state index contributed by atoms with van der Waals surface area (Å²) in [6.07, 6.45) is 5.35. The Morgan fingerprint density at radius 2 is 1.89 bits per heavy atom. The molecule has 2 saturated carbocycles. The Balaban J connectivity index is 1.75. The molecule has 4 nitrogen and oxygen atoms in total. The smallest absolute Gasteiger partial charge is 0.215 e. The zero-order chi connectivity index (χ0) is 13.2. The monoisotopic (exact) mass is 274 g/mol. The average molecular weight is 274 g/mol. The lowest BCUT2D eigenvalue weighted by Crippen LogP contribution is -2.40. The molecule has 2 aliphatic carbocycles. The highest BCUT2D eigenvalue weighted by molar-refractivity contribution is 7.89. The minimum Gasteiger partial charge on any atom is -0.313 e. The Labute approximate surface area is 111 Å². The van der Waals surface area contributed by atoms with Crippen molar-refractivity contribution >= 4 is 10.0 Å². The standard InChI is InChI=1S/C13H26N2O2S/c1-3-15(4-2)18(16,17)8-7-14-13-10-11-5-6-12(13)9-11/h11-14H,3-10H2,1-2H3/t11-,12+,13-/m0/s1. The zero-order valence-electron chi connectivity index (χ0n) is 11.6. The van der Waals surface area contributed by atoms with Crippen LogP contribution in [0.15, 0.2) is 0 Å². The molecule has 5 heteroatoms. The molecule has 2 rings (SSSR count). The Hall–Kier alpha value is -0.130. The molecule has 1 N–H and O–H groups in total. The molecule has 106 valence electrons. The van der Waals surface area contributed by atoms with Crippen LogP contribution in [-0.2, 0) is 10.0 Å². The summed E-state index contributed by atoms with van der Waals surface area (Å²) in [5.41, 5.74) is 0. The van der Waals surface area contributed by atoms with Gasteiger partial charge < -0.3 is 5.32 Å². The highest BCUT2D eigenvalue weighted by Gasteiger charge is 2.39. The van der Waals surface area contributed by atoms with E-state index in [0.717, 1.165) is 11.8 Å². The number of hydrogen-bond acceptors (Lipinski definition) is 3. The molecular weight excluding hydrogens is 248 g/mol. The number of rotatable bonds is 7. The average Bonchev–Trinajstić information content (AvgIpc) is 2.92. The van der Waals surface area contributed by atoms with Gasteiger partial charge in [0.15, 0.2) is 0 Å². The Kier molecular flexibility index (Phi) is 4.67. The first-order chi connectivity index (χ1) is 8.56. The summed E-state index contributed by atoms with van der Waals surface area (Å²) in [7, 11) is -3.06. The van der Waals surface area contributed by atoms with Gasteiger partial charge in [-0.25, -0.2) is 12.7 Å². The maximum Gasteiger partial charge on any atom is 0.215 e. The van der Waals surface area contributed by atoms with Crippen LogP contribution < -0.4 is 5.32 Å². The van der Waals surface area contributed by atoms with Gasteiger partial charge in [-0.3, -0.25) is 0 Å². The van der Waals surface area contributed by atoms with Gasteiger partial charge in [-0.2, -0.15) is 0 Å². The molecule has 0 saturated heterocycles. The third kappa shape index (κ3) is 3.06. The van der Waals surface area contributed by atoms with Crippen molar-refractivity contribution < 1.29 is 8.42 Å². The number of hydrogen-bond donors (Lipinski definition) is 1. The maximum absolute atomic E-state index is 12.0. The summed E-state index contributed by atoms with van der Waals surface area (Å²) in [5, 5.41) is 3.47. The van der Waals surface area contributed by atoms with Gasteiger partial charge in [0.05, 0.1) is 5.75 Å². The maximum atomic E-state index is 12.0. The van der Waals surface area contributed by atoms with E-state index in [1.807, 2.05) is 13.8 Å². The fraction of sp³-hybridized carbons (Fsp3) is 1.00. The van der Waals surface area contributed by atoms with Crippen LogP contribution in [0.5, 0.6) is 0 Å². The Morgan fingerprint density at radius 3 is 2.39 bits per heavy atom. The molecule has 2 bridgehead atoms. The topological polar surface area (TPSA) is 49.4 Å². The molecular formula is C13H26N2O2S. The highest BCUT2D eigenvalue weighted by Crippen LogP contribution is 2.44. The summed E-state index contributed by atoms with van der Waals surface area (Å²) >= 11 is 0. The van der Waals surface area contributed by atoms with Crippen molar-refractivity contribution in [3.8, 4) is 0 Å². The van der Waals surface area contributed by atoms with Gasteiger partial charge in [0.1, 0.15) is 0 Å². The largest absolute Gasteiger partial charge is 0.313 e. The number of sulfonamides is 1. The van der Waals surface area contributed by atoms with Gasteiger partial charge in [0.2, 0.25) is 10.0 Å². The van der Waals surface area contributed by atoms with Gasteiger partial charge in [-0.05, 0) is 31.1 Å². The quantitative estimate of drug-likeness (QED) is 0.764. The van der Waals surface area contributed by atoms with Crippen LogP contribution in [0.2, 0.25) is 0 Å². The molecule has 0 amide bonds. The van der Waals surface area contributed by atoms with Crippen molar-refractivity contribution in [2.45, 2.75) is 45.6 Å². The molecule has 3 atom stereocenters. The summed E-state index contributed by atoms with van der Waals surface area (Å²) < 4.78 is 25.6. The molecule has 0 radical (unpaired) electrons. The van der Waals surface area contributed by atoms with E-state index in [4.69, 9.17) is 0 Å². The second-order valence-electron chi connectivity index (χ2n) is 5.64. The van der Waals surface area contributed by atoms with Gasteiger partial charge in [-0.15, -0.1) is 0 Å². The van der Waals surface area contributed by atoms with E-state index < -0.39 is 10.0 Å². The van der Waals surface area contributed by atoms with Gasteiger partial charge in [0, 0.05) is 25.7 Å². The van der Waals surface area contributed by atoms with Crippen LogP contribution >= 0.6 is 0 Å². The third-order valence-corrected chi connectivity index (χ3v) is 6.63. The number of fused-ring (bicyclic) bond motifs is 2.